The van der Waals surface area contributed by atoms with Crippen LogP contribution in [-0.2, 0) is 39.1 Å². The number of rotatable bonds is 26. The van der Waals surface area contributed by atoms with Crippen molar-refractivity contribution in [1.82, 2.24) is 81.0 Å². The Morgan fingerprint density at radius 3 is 1.00 bits per heavy atom. The largest absolute Gasteiger partial charge is 0.390 e. The number of nitrogen functional groups attached to an aromatic ring is 3. The number of carbonyl (C=O) groups excluding carboxylic acids is 8. The van der Waals surface area contributed by atoms with Gasteiger partial charge in [-0.1, -0.05) is 202 Å². The lowest BCUT2D eigenvalue weighted by atomic mass is 9.75. The lowest BCUT2D eigenvalue weighted by Gasteiger charge is -2.34. The van der Waals surface area contributed by atoms with Crippen LogP contribution in [0.25, 0.3) is 45.0 Å². The molecule has 32 heteroatoms. The maximum Gasteiger partial charge on any atom is 0.254 e. The molecule has 5 heterocycles. The fraction of sp³-hybridized carbons (Fsp3) is 0.310. The first-order valence-corrected chi connectivity index (χ1v) is 44.3. The first-order valence-electron chi connectivity index (χ1n) is 44.3. The highest BCUT2D eigenvalue weighted by atomic mass is 16.3. The zero-order chi connectivity index (χ0) is 94.2. The molecule has 13 aromatic rings. The third-order valence-electron chi connectivity index (χ3n) is 24.9. The molecule has 684 valence electrons. The van der Waals surface area contributed by atoms with Gasteiger partial charge < -0.3 is 66.5 Å². The van der Waals surface area contributed by atoms with Crippen molar-refractivity contribution in [3.05, 3.63) is 295 Å². The van der Waals surface area contributed by atoms with E-state index in [1.807, 2.05) is 228 Å². The zero-order valence-corrected chi connectivity index (χ0v) is 75.6. The highest BCUT2D eigenvalue weighted by Crippen LogP contribution is 2.44. The summed E-state index contributed by atoms with van der Waals surface area (Å²) in [6.07, 6.45) is 11.8. The van der Waals surface area contributed by atoms with Crippen LogP contribution in [0.5, 0.6) is 0 Å². The molecular weight excluding hydrogens is 1670 g/mol. The van der Waals surface area contributed by atoms with Gasteiger partial charge in [0, 0.05) is 82.8 Å². The molecule has 32 nitrogen and oxygen atoms in total. The summed E-state index contributed by atoms with van der Waals surface area (Å²) < 4.78 is 6.96. The van der Waals surface area contributed by atoms with Gasteiger partial charge in [-0.3, -0.25) is 43.0 Å². The van der Waals surface area contributed by atoms with Gasteiger partial charge in [0.15, 0.2) is 5.82 Å². The molecular formula is C100H115N23O9. The van der Waals surface area contributed by atoms with Gasteiger partial charge in [0.05, 0.1) is 35.8 Å². The number of nitrogens with one attached hydrogen (secondary N) is 5. The molecule has 8 amide bonds. The maximum atomic E-state index is 12.5. The molecule has 0 bridgehead atoms. The minimum atomic E-state index is -0.682. The third kappa shape index (κ3) is 22.7. The summed E-state index contributed by atoms with van der Waals surface area (Å²) in [5.74, 6) is -1.53. The second-order valence-electron chi connectivity index (χ2n) is 35.1. The summed E-state index contributed by atoms with van der Waals surface area (Å²) in [7, 11) is 0. The van der Waals surface area contributed by atoms with Crippen LogP contribution >= 0.6 is 0 Å². The number of hydrogen-bond acceptors (Lipinski definition) is 19. The Morgan fingerprint density at radius 1 is 0.386 bits per heavy atom. The molecule has 0 aliphatic heterocycles. The van der Waals surface area contributed by atoms with E-state index in [0.717, 1.165) is 118 Å². The molecule has 3 fully saturated rings. The smallest absolute Gasteiger partial charge is 0.254 e. The molecule has 3 aliphatic rings. The summed E-state index contributed by atoms with van der Waals surface area (Å²) in [5, 5.41) is 54.4. The van der Waals surface area contributed by atoms with E-state index in [1.165, 1.54) is 17.5 Å². The van der Waals surface area contributed by atoms with Crippen molar-refractivity contribution < 1.29 is 43.5 Å². The van der Waals surface area contributed by atoms with E-state index in [0.29, 0.717) is 131 Å². The van der Waals surface area contributed by atoms with Gasteiger partial charge in [-0.05, 0) is 180 Å². The summed E-state index contributed by atoms with van der Waals surface area (Å²) >= 11 is 0. The van der Waals surface area contributed by atoms with Crippen molar-refractivity contribution in [3.63, 3.8) is 0 Å². The Morgan fingerprint density at radius 2 is 0.682 bits per heavy atom. The second-order valence-corrected chi connectivity index (χ2v) is 35.1. The topological polar surface area (TPSA) is 513 Å². The summed E-state index contributed by atoms with van der Waals surface area (Å²) in [4.78, 5) is 98.6. The highest BCUT2D eigenvalue weighted by molar-refractivity contribution is 6.06. The standard InChI is InChI=1S/C27H33N5O2.C26H31N5O3.C25H28N4O2.C22H23N9O2/c1-17-6-4-5-7-21(17)26(34)30-16-18-8-10-19(11-9-18)23-22(25(29)33)24(28)32(31-23)20-12-14-27(2,3)15-13-20;1-16-5-3-4-6-20(16)25(33)29-15-17-7-9-18(10-8-17)22-21(24(28)32)23(27)31(30-22)19-11-13-26(2,34)14-12-19;1-16-7-3-6-10-21(16)25(31)27-15-18-11-13-19(14-12-18)23-22(24(26)30)17(2)29(28-23)20-8-4-5-9-20;1-13-4-2-3-5-16(13)22(33)25-12-14-6-8-15(9-7-14)19-18(21(24)32)20(23)31(28-19)11-10-17-26-29-30-27-17/h4-11,20H,12-16,28H2,1-3H3,(H2,29,33)(H,30,34);3-10,19,34H,11-15,27H2,1-2H3,(H2,28,32)(H,29,33);3,6-7,10-14,20H,4-5,8-9,15H2,1-2H3,(H2,26,30)(H,27,31);2-9H,10-12,23H2,1H3,(H2,24,32)(H,25,33)(H,26,27,29,30). The summed E-state index contributed by atoms with van der Waals surface area (Å²) in [6.45, 7) is 17.9. The minimum absolute atomic E-state index is 0.00278. The van der Waals surface area contributed by atoms with Crippen LogP contribution in [0.2, 0.25) is 0 Å². The van der Waals surface area contributed by atoms with Crippen molar-refractivity contribution in [2.45, 2.75) is 195 Å². The lowest BCUT2D eigenvalue weighted by Crippen LogP contribution is -2.32. The van der Waals surface area contributed by atoms with E-state index in [1.54, 1.807) is 21.5 Å². The molecule has 16 rings (SSSR count). The second kappa shape index (κ2) is 41.9. The maximum absolute atomic E-state index is 12.5. The van der Waals surface area contributed by atoms with Gasteiger partial charge in [-0.2, -0.15) is 25.6 Å². The Labute approximate surface area is 765 Å². The number of aromatic nitrogens is 12. The highest BCUT2D eigenvalue weighted by Gasteiger charge is 2.36. The molecule has 0 atom stereocenters. The number of anilines is 3. The van der Waals surface area contributed by atoms with Gasteiger partial charge in [0.25, 0.3) is 47.3 Å². The average Bonchev–Trinajstić information content (AvgIpc) is 1.64. The fourth-order valence-corrected chi connectivity index (χ4v) is 17.1. The Balaban J connectivity index is 0.000000150. The number of H-pyrrole nitrogens is 1. The molecule has 0 radical (unpaired) electrons. The van der Waals surface area contributed by atoms with Crippen molar-refractivity contribution in [2.24, 2.45) is 28.3 Å². The van der Waals surface area contributed by atoms with Crippen LogP contribution in [0.1, 0.15) is 255 Å². The van der Waals surface area contributed by atoms with Crippen LogP contribution in [0.3, 0.4) is 0 Å². The molecule has 5 aromatic heterocycles. The van der Waals surface area contributed by atoms with Crippen molar-refractivity contribution in [3.8, 4) is 45.0 Å². The number of aliphatic hydroxyl groups is 1. The normalized spacial score (nSPS) is 15.2. The summed E-state index contributed by atoms with van der Waals surface area (Å²) in [5.41, 5.74) is 58.1. The van der Waals surface area contributed by atoms with E-state index in [-0.39, 0.29) is 64.0 Å². The number of tetrazole rings is 1. The predicted molar refractivity (Wildman–Crippen MR) is 507 cm³/mol. The number of nitrogens with zero attached hydrogens (tertiary/aromatic N) is 11. The third-order valence-corrected chi connectivity index (χ3v) is 24.9. The van der Waals surface area contributed by atoms with E-state index >= 15 is 0 Å². The summed E-state index contributed by atoms with van der Waals surface area (Å²) in [6, 6.07) is 60.5. The van der Waals surface area contributed by atoms with Crippen molar-refractivity contribution in [2.75, 3.05) is 17.2 Å². The number of nitrogens with two attached hydrogens (primary N) is 7. The first kappa shape index (κ1) is 94.4. The van der Waals surface area contributed by atoms with Crippen molar-refractivity contribution in [1.29, 1.82) is 0 Å². The van der Waals surface area contributed by atoms with Crippen LogP contribution in [0.15, 0.2) is 194 Å². The quantitative estimate of drug-likeness (QED) is 0.0239. The van der Waals surface area contributed by atoms with Crippen LogP contribution in [0, 0.1) is 40.0 Å². The number of primary amides is 4. The Kier molecular flexibility index (Phi) is 30.0. The number of benzene rings is 8. The molecule has 0 saturated heterocycles. The van der Waals surface area contributed by atoms with E-state index in [9.17, 15) is 43.5 Å². The van der Waals surface area contributed by atoms with Crippen molar-refractivity contribution >= 4 is 64.7 Å². The molecule has 3 aliphatic carbocycles. The molecule has 132 heavy (non-hydrogen) atoms. The molecule has 20 N–H and O–H groups in total. The molecule has 3 saturated carbocycles. The number of hydrogen-bond donors (Lipinski definition) is 13. The van der Waals surface area contributed by atoms with Crippen LogP contribution in [-0.4, -0.2) is 118 Å². The minimum Gasteiger partial charge on any atom is -0.390 e. The van der Waals surface area contributed by atoms with Gasteiger partial charge in [0.2, 0.25) is 0 Å². The molecule has 0 spiro atoms. The Hall–Kier alpha value is -15.2. The SMILES string of the molecule is Cc1ccccc1C(=O)NCc1ccc(-c2nn(C3CCC(C)(C)CC3)c(N)c2C(N)=O)cc1.Cc1ccccc1C(=O)NCc1ccc(-c2nn(C3CCC(C)(O)CC3)c(N)c2C(N)=O)cc1.Cc1ccccc1C(=O)NCc1ccc(-c2nn(C3CCCC3)c(C)c2C(N)=O)cc1.Cc1ccccc1C(=O)NCc1ccc(-c2nn(CCc3nn[nH]n3)c(N)c2C(N)=O)cc1. The monoisotopic (exact) mass is 1780 g/mol. The number of amides is 8. The lowest BCUT2D eigenvalue weighted by molar-refractivity contribution is 0.00876. The van der Waals surface area contributed by atoms with Gasteiger partial charge >= 0.3 is 0 Å². The van der Waals surface area contributed by atoms with Gasteiger partial charge in [-0.15, -0.1) is 10.2 Å². The van der Waals surface area contributed by atoms with Gasteiger partial charge in [-0.25, -0.2) is 14.0 Å². The van der Waals surface area contributed by atoms with E-state index < -0.39 is 29.2 Å². The first-order chi connectivity index (χ1) is 63.2. The van der Waals surface area contributed by atoms with Crippen LogP contribution < -0.4 is 61.4 Å². The number of aryl methyl sites for hydroxylation is 6. The van der Waals surface area contributed by atoms with E-state index in [4.69, 9.17) is 50.3 Å². The van der Waals surface area contributed by atoms with E-state index in [2.05, 4.69) is 65.9 Å². The molecule has 8 aromatic carbocycles. The molecule has 0 unspecified atom stereocenters. The Bertz CT molecular complexity index is 6130. The van der Waals surface area contributed by atoms with Crippen LogP contribution in [0.4, 0.5) is 17.5 Å². The average molecular weight is 1780 g/mol. The predicted octanol–water partition coefficient (Wildman–Crippen LogP) is 13.5. The number of carbonyl (C=O) groups is 8. The zero-order valence-electron chi connectivity index (χ0n) is 75.6. The number of aromatic amines is 1. The van der Waals surface area contributed by atoms with Gasteiger partial charge in [0.1, 0.15) is 56.9 Å². The fourth-order valence-electron chi connectivity index (χ4n) is 17.1.